The highest BCUT2D eigenvalue weighted by molar-refractivity contribution is 5.55. The van der Waals surface area contributed by atoms with E-state index in [-0.39, 0.29) is 0 Å². The summed E-state index contributed by atoms with van der Waals surface area (Å²) in [4.78, 5) is 4.06. The van der Waals surface area contributed by atoms with Crippen LogP contribution >= 0.6 is 0 Å². The highest BCUT2D eigenvalue weighted by atomic mass is 16.5. The second kappa shape index (κ2) is 4.98. The van der Waals surface area contributed by atoms with E-state index in [1.54, 1.807) is 34.9 Å². The van der Waals surface area contributed by atoms with E-state index in [9.17, 15) is 0 Å². The Morgan fingerprint density at radius 2 is 2.26 bits per heavy atom. The molecule has 0 aliphatic carbocycles. The molecule has 3 heterocycles. The van der Waals surface area contributed by atoms with Gasteiger partial charge in [0.1, 0.15) is 0 Å². The molecule has 9 heteroatoms. The zero-order valence-corrected chi connectivity index (χ0v) is 10.3. The van der Waals surface area contributed by atoms with Crippen molar-refractivity contribution < 1.29 is 4.74 Å². The number of anilines is 2. The van der Waals surface area contributed by atoms with Crippen LogP contribution in [0.5, 0.6) is 0 Å². The van der Waals surface area contributed by atoms with Crippen molar-refractivity contribution in [1.29, 1.82) is 0 Å². The number of nitrogens with one attached hydrogen (secondary N) is 1. The Morgan fingerprint density at radius 1 is 1.32 bits per heavy atom. The summed E-state index contributed by atoms with van der Waals surface area (Å²) in [6, 6.07) is 0. The fourth-order valence-corrected chi connectivity index (χ4v) is 1.64. The van der Waals surface area contributed by atoms with Crippen molar-refractivity contribution in [1.82, 2.24) is 34.8 Å². The van der Waals surface area contributed by atoms with Gasteiger partial charge in [0.05, 0.1) is 37.4 Å². The molecular formula is C10H12N8O. The predicted octanol–water partition coefficient (Wildman–Crippen LogP) is 0.106. The van der Waals surface area contributed by atoms with Crippen molar-refractivity contribution in [3.05, 3.63) is 24.8 Å². The summed E-state index contributed by atoms with van der Waals surface area (Å²) in [7, 11) is 1.66. The molecule has 1 N–H and O–H groups in total. The normalized spacial score (nSPS) is 11.0. The molecule has 0 bridgehead atoms. The van der Waals surface area contributed by atoms with Crippen LogP contribution < -0.4 is 5.32 Å². The second-order valence-corrected chi connectivity index (χ2v) is 3.85. The molecule has 0 aliphatic heterocycles. The van der Waals surface area contributed by atoms with E-state index in [1.165, 1.54) is 0 Å². The van der Waals surface area contributed by atoms with Crippen molar-refractivity contribution in [2.24, 2.45) is 0 Å². The Labute approximate surface area is 108 Å². The summed E-state index contributed by atoms with van der Waals surface area (Å²) in [5.41, 5.74) is 1.41. The van der Waals surface area contributed by atoms with Crippen LogP contribution in [-0.2, 0) is 11.3 Å². The molecule has 98 valence electrons. The second-order valence-electron chi connectivity index (χ2n) is 3.85. The molecule has 0 fully saturated rings. The van der Waals surface area contributed by atoms with Crippen molar-refractivity contribution in [3.63, 3.8) is 0 Å². The maximum atomic E-state index is 5.00. The lowest BCUT2D eigenvalue weighted by molar-refractivity contribution is 0.183. The number of methoxy groups -OCH3 is 1. The number of aromatic nitrogens is 7. The van der Waals surface area contributed by atoms with E-state index in [4.69, 9.17) is 4.74 Å². The summed E-state index contributed by atoms with van der Waals surface area (Å²) >= 11 is 0. The maximum absolute atomic E-state index is 5.00. The molecule has 0 unspecified atom stereocenters. The number of hydrogen-bond acceptors (Lipinski definition) is 7. The fraction of sp³-hybridized carbons (Fsp3) is 0.300. The van der Waals surface area contributed by atoms with Gasteiger partial charge in [0, 0.05) is 13.3 Å². The van der Waals surface area contributed by atoms with E-state index in [1.807, 2.05) is 6.20 Å². The van der Waals surface area contributed by atoms with Gasteiger partial charge in [-0.1, -0.05) is 0 Å². The minimum atomic E-state index is 0.580. The molecule has 0 atom stereocenters. The Bertz CT molecular complexity index is 675. The minimum Gasteiger partial charge on any atom is -0.383 e. The lowest BCUT2D eigenvalue weighted by Crippen LogP contribution is -2.04. The topological polar surface area (TPSA) is 95.0 Å². The van der Waals surface area contributed by atoms with Gasteiger partial charge in [0.2, 0.25) is 0 Å². The van der Waals surface area contributed by atoms with Gasteiger partial charge in [0.25, 0.3) is 0 Å². The summed E-state index contributed by atoms with van der Waals surface area (Å²) in [6.07, 6.45) is 6.84. The first-order valence-corrected chi connectivity index (χ1v) is 5.67. The first kappa shape index (κ1) is 11.5. The zero-order chi connectivity index (χ0) is 13.1. The zero-order valence-electron chi connectivity index (χ0n) is 10.3. The van der Waals surface area contributed by atoms with Crippen LogP contribution in [0.1, 0.15) is 0 Å². The van der Waals surface area contributed by atoms with Gasteiger partial charge < -0.3 is 10.1 Å². The van der Waals surface area contributed by atoms with E-state index < -0.39 is 0 Å². The third kappa shape index (κ3) is 2.36. The molecule has 3 aromatic rings. The number of nitrogens with zero attached hydrogens (tertiary/aromatic N) is 7. The highest BCUT2D eigenvalue weighted by Gasteiger charge is 2.05. The molecule has 3 rings (SSSR count). The lowest BCUT2D eigenvalue weighted by atomic mass is 10.5. The van der Waals surface area contributed by atoms with Crippen LogP contribution in [0.4, 0.5) is 11.5 Å². The Balaban J connectivity index is 1.81. The van der Waals surface area contributed by atoms with Gasteiger partial charge in [0.15, 0.2) is 11.5 Å². The summed E-state index contributed by atoms with van der Waals surface area (Å²) in [6.45, 7) is 1.32. The monoisotopic (exact) mass is 260 g/mol. The van der Waals surface area contributed by atoms with Gasteiger partial charge in [-0.25, -0.2) is 0 Å². The molecule has 0 amide bonds. The Hall–Kier alpha value is -2.55. The molecule has 0 spiro atoms. The average molecular weight is 260 g/mol. The molecule has 19 heavy (non-hydrogen) atoms. The molecule has 0 aromatic carbocycles. The standard InChI is InChI=1S/C10H12N8O/c1-19-3-2-17-7-8(4-12-17)13-9-5-11-6-10-14-15-16-18(9)10/h4-7,13H,2-3H2,1H3. The molecular weight excluding hydrogens is 248 g/mol. The van der Waals surface area contributed by atoms with E-state index in [2.05, 4.69) is 30.9 Å². The smallest absolute Gasteiger partial charge is 0.199 e. The summed E-state index contributed by atoms with van der Waals surface area (Å²) in [5.74, 6) is 0.675. The van der Waals surface area contributed by atoms with Crippen molar-refractivity contribution in [2.45, 2.75) is 6.54 Å². The lowest BCUT2D eigenvalue weighted by Gasteiger charge is -2.03. The molecule has 0 saturated carbocycles. The molecule has 0 radical (unpaired) electrons. The third-order valence-electron chi connectivity index (χ3n) is 2.54. The van der Waals surface area contributed by atoms with Gasteiger partial charge in [-0.2, -0.15) is 9.61 Å². The first-order valence-electron chi connectivity index (χ1n) is 5.67. The van der Waals surface area contributed by atoms with E-state index >= 15 is 0 Å². The maximum Gasteiger partial charge on any atom is 0.199 e. The largest absolute Gasteiger partial charge is 0.383 e. The van der Waals surface area contributed by atoms with Crippen LogP contribution in [0.2, 0.25) is 0 Å². The van der Waals surface area contributed by atoms with Crippen LogP contribution in [0, 0.1) is 0 Å². The molecule has 0 saturated heterocycles. The van der Waals surface area contributed by atoms with Crippen LogP contribution in [-0.4, -0.2) is 48.5 Å². The number of rotatable bonds is 5. The molecule has 0 aliphatic rings. The highest BCUT2D eigenvalue weighted by Crippen LogP contribution is 2.14. The van der Waals surface area contributed by atoms with Crippen molar-refractivity contribution >= 4 is 17.2 Å². The number of ether oxygens (including phenoxy) is 1. The predicted molar refractivity (Wildman–Crippen MR) is 66.0 cm³/mol. The number of fused-ring (bicyclic) bond motifs is 1. The molecule has 9 nitrogen and oxygen atoms in total. The van der Waals surface area contributed by atoms with Gasteiger partial charge in [-0.05, 0) is 10.4 Å². The van der Waals surface area contributed by atoms with E-state index in [0.29, 0.717) is 24.6 Å². The Kier molecular flexibility index (Phi) is 3.02. The Morgan fingerprint density at radius 3 is 3.16 bits per heavy atom. The van der Waals surface area contributed by atoms with Crippen LogP contribution in [0.15, 0.2) is 24.8 Å². The third-order valence-corrected chi connectivity index (χ3v) is 2.54. The van der Waals surface area contributed by atoms with Gasteiger partial charge >= 0.3 is 0 Å². The quantitative estimate of drug-likeness (QED) is 0.695. The fourth-order valence-electron chi connectivity index (χ4n) is 1.64. The first-order chi connectivity index (χ1) is 9.36. The van der Waals surface area contributed by atoms with Crippen LogP contribution in [0.25, 0.3) is 5.65 Å². The summed E-state index contributed by atoms with van der Waals surface area (Å²) < 4.78 is 8.36. The molecule has 3 aromatic heterocycles. The summed E-state index contributed by atoms with van der Waals surface area (Å²) in [5, 5.41) is 18.7. The van der Waals surface area contributed by atoms with Crippen molar-refractivity contribution in [3.8, 4) is 0 Å². The van der Waals surface area contributed by atoms with Gasteiger partial charge in [-0.15, -0.1) is 5.10 Å². The number of hydrogen-bond donors (Lipinski definition) is 1. The van der Waals surface area contributed by atoms with Gasteiger partial charge in [-0.3, -0.25) is 9.67 Å². The SMILES string of the molecule is COCCn1cc(Nc2cncc3nnnn23)cn1. The number of tetrazole rings is 1. The van der Waals surface area contributed by atoms with Crippen LogP contribution in [0.3, 0.4) is 0 Å². The van der Waals surface area contributed by atoms with E-state index in [0.717, 1.165) is 5.69 Å². The average Bonchev–Trinajstić information content (AvgIpc) is 3.05. The minimum absolute atomic E-state index is 0.580. The van der Waals surface area contributed by atoms with Crippen molar-refractivity contribution in [2.75, 3.05) is 19.0 Å².